The highest BCUT2D eigenvalue weighted by Gasteiger charge is 1.96. The number of aromatic nitrogens is 1. The number of rotatable bonds is 7. The maximum Gasteiger partial charge on any atom is 0.107 e. The summed E-state index contributed by atoms with van der Waals surface area (Å²) in [5.74, 6) is 0. The second-order valence-electron chi connectivity index (χ2n) is 3.62. The van der Waals surface area contributed by atoms with Crippen molar-refractivity contribution >= 4 is 11.3 Å². The van der Waals surface area contributed by atoms with E-state index < -0.39 is 0 Å². The molecule has 0 saturated carbocycles. The van der Waals surface area contributed by atoms with Crippen molar-refractivity contribution in [2.75, 3.05) is 6.54 Å². The second-order valence-corrected chi connectivity index (χ2v) is 4.56. The zero-order valence-electron chi connectivity index (χ0n) is 9.18. The maximum atomic E-state index is 4.40. The molecule has 1 N–H and O–H groups in total. The molecule has 3 heteroatoms. The minimum absolute atomic E-state index is 0.935. The first-order chi connectivity index (χ1) is 6.83. The second kappa shape index (κ2) is 6.96. The highest BCUT2D eigenvalue weighted by molar-refractivity contribution is 7.09. The molecule has 0 aliphatic rings. The van der Waals surface area contributed by atoms with Gasteiger partial charge in [0.05, 0.1) is 0 Å². The number of nitrogens with one attached hydrogen (secondary N) is 1. The molecule has 0 amide bonds. The summed E-state index contributed by atoms with van der Waals surface area (Å²) in [5, 5.41) is 6.73. The lowest BCUT2D eigenvalue weighted by atomic mass is 10.2. The molecule has 0 spiro atoms. The van der Waals surface area contributed by atoms with Crippen LogP contribution in [-0.2, 0) is 6.54 Å². The van der Waals surface area contributed by atoms with E-state index >= 15 is 0 Å². The van der Waals surface area contributed by atoms with Crippen molar-refractivity contribution in [1.29, 1.82) is 0 Å². The largest absolute Gasteiger partial charge is 0.310 e. The highest BCUT2D eigenvalue weighted by atomic mass is 32.1. The first kappa shape index (κ1) is 11.7. The fraction of sp³-hybridized carbons (Fsp3) is 0.727. The van der Waals surface area contributed by atoms with Crippen LogP contribution in [0, 0.1) is 6.92 Å². The Morgan fingerprint density at radius 1 is 1.36 bits per heavy atom. The minimum atomic E-state index is 0.935. The number of aryl methyl sites for hydroxylation is 1. The number of thiazole rings is 1. The van der Waals surface area contributed by atoms with Gasteiger partial charge in [0.25, 0.3) is 0 Å². The van der Waals surface area contributed by atoms with Gasteiger partial charge in [0.15, 0.2) is 0 Å². The molecular weight excluding hydrogens is 192 g/mol. The van der Waals surface area contributed by atoms with Crippen LogP contribution in [0.5, 0.6) is 0 Å². The summed E-state index contributed by atoms with van der Waals surface area (Å²) < 4.78 is 0. The number of hydrogen-bond donors (Lipinski definition) is 1. The van der Waals surface area contributed by atoms with Crippen molar-refractivity contribution in [3.63, 3.8) is 0 Å². The van der Waals surface area contributed by atoms with E-state index in [4.69, 9.17) is 0 Å². The van der Waals surface area contributed by atoms with E-state index in [1.807, 2.05) is 6.92 Å². The molecule has 0 atom stereocenters. The van der Waals surface area contributed by atoms with Crippen molar-refractivity contribution in [2.24, 2.45) is 0 Å². The minimum Gasteiger partial charge on any atom is -0.310 e. The Labute approximate surface area is 90.8 Å². The molecule has 1 aromatic heterocycles. The molecule has 14 heavy (non-hydrogen) atoms. The van der Waals surface area contributed by atoms with E-state index in [1.165, 1.54) is 30.7 Å². The van der Waals surface area contributed by atoms with E-state index in [0.29, 0.717) is 0 Å². The molecule has 0 radical (unpaired) electrons. The molecule has 80 valence electrons. The van der Waals surface area contributed by atoms with Crippen LogP contribution in [0.2, 0.25) is 0 Å². The zero-order valence-corrected chi connectivity index (χ0v) is 9.99. The predicted molar refractivity (Wildman–Crippen MR) is 62.7 cm³/mol. The fourth-order valence-corrected chi connectivity index (χ4v) is 2.10. The molecule has 0 unspecified atom stereocenters. The van der Waals surface area contributed by atoms with Crippen LogP contribution in [0.4, 0.5) is 0 Å². The molecular formula is C11H20N2S. The molecule has 0 aliphatic carbocycles. The standard InChI is InChI=1S/C11H20N2S/c1-3-4-5-6-7-12-8-11-13-10(2)9-14-11/h9,12H,3-8H2,1-2H3. The lowest BCUT2D eigenvalue weighted by Gasteiger charge is -2.01. The summed E-state index contributed by atoms with van der Waals surface area (Å²) in [6, 6.07) is 0. The monoisotopic (exact) mass is 212 g/mol. The van der Waals surface area contributed by atoms with Crippen LogP contribution in [0.15, 0.2) is 5.38 Å². The zero-order chi connectivity index (χ0) is 10.2. The van der Waals surface area contributed by atoms with Crippen molar-refractivity contribution in [3.8, 4) is 0 Å². The van der Waals surface area contributed by atoms with Gasteiger partial charge < -0.3 is 5.32 Å². The number of hydrogen-bond acceptors (Lipinski definition) is 3. The Bertz CT molecular complexity index is 245. The molecule has 1 rings (SSSR count). The Balaban J connectivity index is 1.99. The van der Waals surface area contributed by atoms with Crippen molar-refractivity contribution in [2.45, 2.75) is 46.1 Å². The molecule has 0 aliphatic heterocycles. The molecule has 0 fully saturated rings. The lowest BCUT2D eigenvalue weighted by Crippen LogP contribution is -2.14. The van der Waals surface area contributed by atoms with E-state index in [-0.39, 0.29) is 0 Å². The normalized spacial score (nSPS) is 10.7. The van der Waals surface area contributed by atoms with E-state index in [0.717, 1.165) is 18.8 Å². The van der Waals surface area contributed by atoms with Crippen molar-refractivity contribution < 1.29 is 0 Å². The Kier molecular flexibility index (Phi) is 5.80. The summed E-state index contributed by atoms with van der Waals surface area (Å²) in [5.41, 5.74) is 1.14. The van der Waals surface area contributed by atoms with Crippen LogP contribution in [0.1, 0.15) is 43.3 Å². The molecule has 0 aromatic carbocycles. The molecule has 1 aromatic rings. The Morgan fingerprint density at radius 3 is 2.86 bits per heavy atom. The Hall–Kier alpha value is -0.410. The van der Waals surface area contributed by atoms with Gasteiger partial charge in [-0.3, -0.25) is 0 Å². The van der Waals surface area contributed by atoms with E-state index in [1.54, 1.807) is 11.3 Å². The maximum absolute atomic E-state index is 4.40. The molecule has 0 saturated heterocycles. The van der Waals surface area contributed by atoms with Gasteiger partial charge in [-0.15, -0.1) is 11.3 Å². The van der Waals surface area contributed by atoms with Gasteiger partial charge in [0, 0.05) is 17.6 Å². The average molecular weight is 212 g/mol. The number of nitrogens with zero attached hydrogens (tertiary/aromatic N) is 1. The van der Waals surface area contributed by atoms with Gasteiger partial charge in [-0.25, -0.2) is 4.98 Å². The van der Waals surface area contributed by atoms with Gasteiger partial charge in [-0.1, -0.05) is 26.2 Å². The third kappa shape index (κ3) is 4.72. The van der Waals surface area contributed by atoms with E-state index in [2.05, 4.69) is 22.6 Å². The van der Waals surface area contributed by atoms with Gasteiger partial charge in [0.1, 0.15) is 5.01 Å². The topological polar surface area (TPSA) is 24.9 Å². The molecule has 0 bridgehead atoms. The molecule has 2 nitrogen and oxygen atoms in total. The summed E-state index contributed by atoms with van der Waals surface area (Å²) in [6.07, 6.45) is 5.31. The first-order valence-electron chi connectivity index (χ1n) is 5.44. The summed E-state index contributed by atoms with van der Waals surface area (Å²) >= 11 is 1.74. The van der Waals surface area contributed by atoms with Crippen LogP contribution in [0.3, 0.4) is 0 Å². The quantitative estimate of drug-likeness (QED) is 0.702. The van der Waals surface area contributed by atoms with Crippen LogP contribution in [-0.4, -0.2) is 11.5 Å². The van der Waals surface area contributed by atoms with Crippen LogP contribution >= 0.6 is 11.3 Å². The van der Waals surface area contributed by atoms with Gasteiger partial charge >= 0.3 is 0 Å². The summed E-state index contributed by atoms with van der Waals surface area (Å²) in [4.78, 5) is 4.40. The molecule has 1 heterocycles. The summed E-state index contributed by atoms with van der Waals surface area (Å²) in [6.45, 7) is 6.34. The predicted octanol–water partition coefficient (Wildman–Crippen LogP) is 3.12. The Morgan fingerprint density at radius 2 is 2.21 bits per heavy atom. The average Bonchev–Trinajstić information content (AvgIpc) is 2.58. The van der Waals surface area contributed by atoms with E-state index in [9.17, 15) is 0 Å². The lowest BCUT2D eigenvalue weighted by molar-refractivity contribution is 0.597. The highest BCUT2D eigenvalue weighted by Crippen LogP contribution is 2.07. The number of unbranched alkanes of at least 4 members (excludes halogenated alkanes) is 3. The third-order valence-electron chi connectivity index (χ3n) is 2.15. The first-order valence-corrected chi connectivity index (χ1v) is 6.32. The summed E-state index contributed by atoms with van der Waals surface area (Å²) in [7, 11) is 0. The smallest absolute Gasteiger partial charge is 0.107 e. The van der Waals surface area contributed by atoms with Crippen molar-refractivity contribution in [3.05, 3.63) is 16.1 Å². The van der Waals surface area contributed by atoms with Gasteiger partial charge in [-0.2, -0.15) is 0 Å². The fourth-order valence-electron chi connectivity index (χ4n) is 1.36. The van der Waals surface area contributed by atoms with Gasteiger partial charge in [-0.05, 0) is 19.9 Å². The third-order valence-corrected chi connectivity index (χ3v) is 3.12. The van der Waals surface area contributed by atoms with Gasteiger partial charge in [0.2, 0.25) is 0 Å². The van der Waals surface area contributed by atoms with Crippen molar-refractivity contribution in [1.82, 2.24) is 10.3 Å². The SMILES string of the molecule is CCCCCCNCc1nc(C)cs1. The van der Waals surface area contributed by atoms with Crippen LogP contribution < -0.4 is 5.32 Å². The van der Waals surface area contributed by atoms with Crippen LogP contribution in [0.25, 0.3) is 0 Å².